The first-order valence-corrected chi connectivity index (χ1v) is 8.64. The Morgan fingerprint density at radius 2 is 2.04 bits per heavy atom. The second-order valence-corrected chi connectivity index (χ2v) is 6.60. The number of amides is 2. The number of carbonyl (C=O) groups excluding carboxylic acids is 1. The Morgan fingerprint density at radius 1 is 1.27 bits per heavy atom. The van der Waals surface area contributed by atoms with Gasteiger partial charge in [-0.05, 0) is 38.3 Å². The van der Waals surface area contributed by atoms with Crippen LogP contribution in [-0.2, 0) is 6.54 Å². The molecule has 9 heteroatoms. The van der Waals surface area contributed by atoms with E-state index in [1.807, 2.05) is 4.90 Å². The van der Waals surface area contributed by atoms with Crippen LogP contribution in [0.5, 0.6) is 5.75 Å². The number of nitrogens with one attached hydrogen (secondary N) is 2. The van der Waals surface area contributed by atoms with E-state index in [-0.39, 0.29) is 30.2 Å². The van der Waals surface area contributed by atoms with Gasteiger partial charge in [-0.25, -0.2) is 9.18 Å². The summed E-state index contributed by atoms with van der Waals surface area (Å²) in [7, 11) is 0. The van der Waals surface area contributed by atoms with Crippen LogP contribution in [-0.4, -0.2) is 42.5 Å². The highest BCUT2D eigenvalue weighted by Gasteiger charge is 2.37. The summed E-state index contributed by atoms with van der Waals surface area (Å²) >= 11 is 0. The van der Waals surface area contributed by atoms with Crippen LogP contribution in [0, 0.1) is 5.82 Å². The molecule has 2 aliphatic rings. The van der Waals surface area contributed by atoms with E-state index in [1.165, 1.54) is 6.07 Å². The van der Waals surface area contributed by atoms with Gasteiger partial charge in [-0.2, -0.15) is 0 Å². The Bertz CT molecular complexity index is 643. The zero-order valence-corrected chi connectivity index (χ0v) is 14.1. The Balaban J connectivity index is 1.59. The van der Waals surface area contributed by atoms with E-state index >= 15 is 0 Å². The van der Waals surface area contributed by atoms with Gasteiger partial charge in [0.05, 0.1) is 0 Å². The molecular formula is C17H21F4N3O2. The van der Waals surface area contributed by atoms with Gasteiger partial charge >= 0.3 is 12.4 Å². The number of benzene rings is 1. The fourth-order valence-corrected chi connectivity index (χ4v) is 3.18. The molecular weight excluding hydrogens is 354 g/mol. The Morgan fingerprint density at radius 3 is 2.62 bits per heavy atom. The summed E-state index contributed by atoms with van der Waals surface area (Å²) in [4.78, 5) is 14.4. The molecule has 0 radical (unpaired) electrons. The molecule has 1 aliphatic heterocycles. The lowest BCUT2D eigenvalue weighted by molar-refractivity contribution is -0.274. The van der Waals surface area contributed by atoms with Crippen LogP contribution in [0.25, 0.3) is 0 Å². The molecule has 1 aliphatic carbocycles. The van der Waals surface area contributed by atoms with Crippen LogP contribution >= 0.6 is 0 Å². The van der Waals surface area contributed by atoms with Gasteiger partial charge in [0.2, 0.25) is 0 Å². The monoisotopic (exact) mass is 375 g/mol. The maximum absolute atomic E-state index is 14.0. The summed E-state index contributed by atoms with van der Waals surface area (Å²) in [6.07, 6.45) is -1.03. The molecule has 0 bridgehead atoms. The molecule has 1 aromatic carbocycles. The minimum Gasteiger partial charge on any atom is -0.406 e. The average Bonchev–Trinajstić information content (AvgIpc) is 3.39. The van der Waals surface area contributed by atoms with E-state index in [1.54, 1.807) is 0 Å². The van der Waals surface area contributed by atoms with E-state index < -0.39 is 17.9 Å². The van der Waals surface area contributed by atoms with Gasteiger partial charge in [-0.1, -0.05) is 6.07 Å². The first-order valence-electron chi connectivity index (χ1n) is 8.64. The van der Waals surface area contributed by atoms with Crippen molar-refractivity contribution in [2.75, 3.05) is 13.1 Å². The Kier molecular flexibility index (Phi) is 5.55. The molecule has 1 saturated carbocycles. The van der Waals surface area contributed by atoms with E-state index in [9.17, 15) is 22.4 Å². The van der Waals surface area contributed by atoms with Crippen molar-refractivity contribution in [1.82, 2.24) is 15.5 Å². The van der Waals surface area contributed by atoms with Crippen LogP contribution in [0.2, 0.25) is 0 Å². The second kappa shape index (κ2) is 7.69. The number of carbonyl (C=O) groups is 1. The summed E-state index contributed by atoms with van der Waals surface area (Å²) in [5.41, 5.74) is 0.102. The van der Waals surface area contributed by atoms with Gasteiger partial charge in [0.15, 0.2) is 0 Å². The van der Waals surface area contributed by atoms with Crippen LogP contribution in [0.1, 0.15) is 31.2 Å². The number of nitrogens with zero attached hydrogens (tertiary/aromatic N) is 1. The molecule has 1 atom stereocenters. The van der Waals surface area contributed by atoms with Crippen LogP contribution in [0.3, 0.4) is 0 Å². The third kappa shape index (κ3) is 5.00. The quantitative estimate of drug-likeness (QED) is 0.778. The second-order valence-electron chi connectivity index (χ2n) is 6.60. The van der Waals surface area contributed by atoms with Gasteiger partial charge in [0, 0.05) is 36.8 Å². The zero-order valence-electron chi connectivity index (χ0n) is 14.1. The number of piperidine rings is 1. The van der Waals surface area contributed by atoms with E-state index in [2.05, 4.69) is 15.4 Å². The number of urea groups is 1. The first kappa shape index (κ1) is 18.8. The zero-order chi connectivity index (χ0) is 18.7. The summed E-state index contributed by atoms with van der Waals surface area (Å²) in [5.74, 6) is -1.48. The lowest BCUT2D eigenvalue weighted by Crippen LogP contribution is -2.52. The Hall–Kier alpha value is -2.03. The van der Waals surface area contributed by atoms with Gasteiger partial charge in [-0.15, -0.1) is 13.2 Å². The third-order valence-corrected chi connectivity index (χ3v) is 4.53. The summed E-state index contributed by atoms with van der Waals surface area (Å²) in [6.45, 7) is 1.58. The predicted molar refractivity (Wildman–Crippen MR) is 86.1 cm³/mol. The first-order chi connectivity index (χ1) is 12.3. The number of hydrogen-bond acceptors (Lipinski definition) is 3. The number of halogens is 4. The van der Waals surface area contributed by atoms with Crippen molar-refractivity contribution in [2.45, 2.75) is 50.7 Å². The molecule has 0 spiro atoms. The van der Waals surface area contributed by atoms with Crippen molar-refractivity contribution >= 4 is 6.03 Å². The normalized spacial score (nSPS) is 20.5. The van der Waals surface area contributed by atoms with Crippen LogP contribution in [0.4, 0.5) is 22.4 Å². The van der Waals surface area contributed by atoms with Crippen LogP contribution < -0.4 is 15.4 Å². The predicted octanol–water partition coefficient (Wildman–Crippen LogP) is 3.15. The molecule has 3 rings (SSSR count). The maximum atomic E-state index is 14.0. The lowest BCUT2D eigenvalue weighted by Gasteiger charge is -2.35. The van der Waals surface area contributed by atoms with Gasteiger partial charge < -0.3 is 20.3 Å². The molecule has 0 aromatic heterocycles. The molecule has 1 aromatic rings. The molecule has 26 heavy (non-hydrogen) atoms. The third-order valence-electron chi connectivity index (χ3n) is 4.53. The van der Waals surface area contributed by atoms with E-state index in [0.717, 1.165) is 44.8 Å². The highest BCUT2D eigenvalue weighted by molar-refractivity contribution is 5.75. The molecule has 1 unspecified atom stereocenters. The number of rotatable bonds is 5. The highest BCUT2D eigenvalue weighted by atomic mass is 19.4. The minimum absolute atomic E-state index is 0.0969. The summed E-state index contributed by atoms with van der Waals surface area (Å²) < 4.78 is 54.1. The van der Waals surface area contributed by atoms with Gasteiger partial charge in [-0.3, -0.25) is 0 Å². The SMILES string of the molecule is O=C(NCc1ccc(OC(F)(F)F)cc1F)N(C1CC1)C1CCCNC1. The van der Waals surface area contributed by atoms with E-state index in [0.29, 0.717) is 6.07 Å². The molecule has 2 N–H and O–H groups in total. The van der Waals surface area contributed by atoms with Crippen molar-refractivity contribution in [3.8, 4) is 5.75 Å². The topological polar surface area (TPSA) is 53.6 Å². The molecule has 2 fully saturated rings. The van der Waals surface area contributed by atoms with Crippen molar-refractivity contribution in [2.24, 2.45) is 0 Å². The van der Waals surface area contributed by atoms with Crippen molar-refractivity contribution in [3.05, 3.63) is 29.6 Å². The molecule has 1 heterocycles. The van der Waals surface area contributed by atoms with Gasteiger partial charge in [0.25, 0.3) is 0 Å². The fraction of sp³-hybridized carbons (Fsp3) is 0.588. The molecule has 1 saturated heterocycles. The maximum Gasteiger partial charge on any atom is 0.573 e. The van der Waals surface area contributed by atoms with Crippen molar-refractivity contribution in [1.29, 1.82) is 0 Å². The summed E-state index contributed by atoms with van der Waals surface area (Å²) in [6, 6.07) is 2.94. The smallest absolute Gasteiger partial charge is 0.406 e. The number of ether oxygens (including phenoxy) is 1. The number of hydrogen-bond donors (Lipinski definition) is 2. The molecule has 5 nitrogen and oxygen atoms in total. The van der Waals surface area contributed by atoms with E-state index in [4.69, 9.17) is 0 Å². The fourth-order valence-electron chi connectivity index (χ4n) is 3.18. The highest BCUT2D eigenvalue weighted by Crippen LogP contribution is 2.30. The number of alkyl halides is 3. The Labute approximate surface area is 148 Å². The standard InChI is InChI=1S/C17H21F4N3O2/c18-15-8-14(26-17(19,20)21)6-3-11(15)9-23-16(25)24(12-4-5-12)13-2-1-7-22-10-13/h3,6,8,12-13,22H,1-2,4-5,7,9-10H2,(H,23,25). The lowest BCUT2D eigenvalue weighted by atomic mass is 10.1. The molecule has 144 valence electrons. The van der Waals surface area contributed by atoms with Crippen molar-refractivity contribution < 1.29 is 27.1 Å². The molecule has 2 amide bonds. The average molecular weight is 375 g/mol. The van der Waals surface area contributed by atoms with Crippen molar-refractivity contribution in [3.63, 3.8) is 0 Å². The van der Waals surface area contributed by atoms with Crippen LogP contribution in [0.15, 0.2) is 18.2 Å². The summed E-state index contributed by atoms with van der Waals surface area (Å²) in [5, 5.41) is 5.96. The minimum atomic E-state index is -4.87. The largest absolute Gasteiger partial charge is 0.573 e. The van der Waals surface area contributed by atoms with Gasteiger partial charge in [0.1, 0.15) is 11.6 Å².